The summed E-state index contributed by atoms with van der Waals surface area (Å²) in [6.45, 7) is 4.31. The smallest absolute Gasteiger partial charge is 0.292 e. The number of nitro benzene ring substituents is 1. The summed E-state index contributed by atoms with van der Waals surface area (Å²) in [5.74, 6) is 0. The summed E-state index contributed by atoms with van der Waals surface area (Å²) in [4.78, 5) is 10.4. The van der Waals surface area contributed by atoms with Gasteiger partial charge in [0.15, 0.2) is 0 Å². The Balaban J connectivity index is 2.68. The van der Waals surface area contributed by atoms with Gasteiger partial charge in [0.1, 0.15) is 5.69 Å². The highest BCUT2D eigenvalue weighted by molar-refractivity contribution is 5.62. The molecule has 0 aromatic heterocycles. The molecule has 1 aromatic rings. The van der Waals surface area contributed by atoms with Crippen LogP contribution in [0.4, 0.5) is 11.4 Å². The number of benzene rings is 1. The molecule has 0 bridgehead atoms. The molecule has 5 heteroatoms. The van der Waals surface area contributed by atoms with Crippen LogP contribution < -0.4 is 5.32 Å². The molecule has 1 rings (SSSR count). The highest BCUT2D eigenvalue weighted by Crippen LogP contribution is 2.25. The molecular weight excluding hydrogens is 220 g/mol. The second-order valence-corrected chi connectivity index (χ2v) is 4.06. The molecule has 0 saturated heterocycles. The van der Waals surface area contributed by atoms with Crippen molar-refractivity contribution in [3.05, 3.63) is 33.9 Å². The lowest BCUT2D eigenvalue weighted by molar-refractivity contribution is -0.384. The van der Waals surface area contributed by atoms with Gasteiger partial charge in [-0.1, -0.05) is 13.0 Å². The Bertz CT molecular complexity index is 393. The van der Waals surface area contributed by atoms with E-state index in [1.54, 1.807) is 12.1 Å². The Labute approximate surface area is 101 Å². The topological polar surface area (TPSA) is 75.4 Å². The first-order valence-electron chi connectivity index (χ1n) is 5.71. The third-order valence-corrected chi connectivity index (χ3v) is 2.61. The zero-order valence-electron chi connectivity index (χ0n) is 10.1. The van der Waals surface area contributed by atoms with Crippen molar-refractivity contribution in [2.75, 3.05) is 11.9 Å². The Morgan fingerprint density at radius 1 is 1.53 bits per heavy atom. The highest BCUT2D eigenvalue weighted by Gasteiger charge is 2.13. The van der Waals surface area contributed by atoms with E-state index in [9.17, 15) is 15.2 Å². The molecule has 0 spiro atoms. The van der Waals surface area contributed by atoms with Gasteiger partial charge in [-0.2, -0.15) is 0 Å². The van der Waals surface area contributed by atoms with Gasteiger partial charge in [-0.15, -0.1) is 0 Å². The van der Waals surface area contributed by atoms with E-state index < -0.39 is 4.92 Å². The van der Waals surface area contributed by atoms with Gasteiger partial charge in [-0.05, 0) is 31.4 Å². The Morgan fingerprint density at radius 2 is 2.24 bits per heavy atom. The number of hydrogen-bond donors (Lipinski definition) is 2. The minimum absolute atomic E-state index is 0.0709. The lowest BCUT2D eigenvalue weighted by atomic mass is 10.1. The number of nitrogens with zero attached hydrogens (tertiary/aromatic N) is 1. The van der Waals surface area contributed by atoms with Crippen LogP contribution in [0, 0.1) is 17.0 Å². The molecule has 0 aliphatic carbocycles. The lowest BCUT2D eigenvalue weighted by Gasteiger charge is -2.10. The molecule has 0 heterocycles. The van der Waals surface area contributed by atoms with Gasteiger partial charge in [-0.3, -0.25) is 10.1 Å². The fraction of sp³-hybridized carbons (Fsp3) is 0.500. The van der Waals surface area contributed by atoms with E-state index in [4.69, 9.17) is 0 Å². The quantitative estimate of drug-likeness (QED) is 0.589. The monoisotopic (exact) mass is 238 g/mol. The molecule has 94 valence electrons. The van der Waals surface area contributed by atoms with Crippen molar-refractivity contribution < 1.29 is 10.0 Å². The van der Waals surface area contributed by atoms with Crippen LogP contribution in [-0.2, 0) is 0 Å². The van der Waals surface area contributed by atoms with Gasteiger partial charge in [0.05, 0.1) is 11.0 Å². The maximum Gasteiger partial charge on any atom is 0.292 e. The fourth-order valence-corrected chi connectivity index (χ4v) is 1.53. The van der Waals surface area contributed by atoms with Crippen molar-refractivity contribution in [1.82, 2.24) is 0 Å². The molecule has 5 nitrogen and oxygen atoms in total. The molecule has 1 atom stereocenters. The SMILES string of the molecule is CCC(O)CCNc1cc(C)ccc1[N+](=O)[O-]. The van der Waals surface area contributed by atoms with Gasteiger partial charge in [0.25, 0.3) is 5.69 Å². The van der Waals surface area contributed by atoms with Crippen molar-refractivity contribution in [2.45, 2.75) is 32.8 Å². The maximum absolute atomic E-state index is 10.8. The van der Waals surface area contributed by atoms with Crippen molar-refractivity contribution in [1.29, 1.82) is 0 Å². The number of aryl methyl sites for hydroxylation is 1. The predicted octanol–water partition coefficient (Wildman–Crippen LogP) is 2.48. The Morgan fingerprint density at radius 3 is 2.82 bits per heavy atom. The number of aliphatic hydroxyl groups is 1. The standard InChI is InChI=1S/C12H18N2O3/c1-3-10(15)6-7-13-11-8-9(2)4-5-12(11)14(16)17/h4-5,8,10,13,15H,3,6-7H2,1-2H3. The van der Waals surface area contributed by atoms with Crippen LogP contribution in [0.25, 0.3) is 0 Å². The highest BCUT2D eigenvalue weighted by atomic mass is 16.6. The van der Waals surface area contributed by atoms with E-state index in [1.165, 1.54) is 6.07 Å². The van der Waals surface area contributed by atoms with Crippen molar-refractivity contribution in [3.8, 4) is 0 Å². The second-order valence-electron chi connectivity index (χ2n) is 4.06. The van der Waals surface area contributed by atoms with Gasteiger partial charge in [0, 0.05) is 12.6 Å². The van der Waals surface area contributed by atoms with Crippen molar-refractivity contribution in [2.24, 2.45) is 0 Å². The van der Waals surface area contributed by atoms with E-state index in [0.29, 0.717) is 25.1 Å². The lowest BCUT2D eigenvalue weighted by Crippen LogP contribution is -2.13. The fourth-order valence-electron chi connectivity index (χ4n) is 1.53. The van der Waals surface area contributed by atoms with E-state index in [0.717, 1.165) is 5.56 Å². The molecule has 0 aliphatic heterocycles. The summed E-state index contributed by atoms with van der Waals surface area (Å²) in [6.07, 6.45) is 0.922. The van der Waals surface area contributed by atoms with Gasteiger partial charge < -0.3 is 10.4 Å². The first-order chi connectivity index (χ1) is 8.04. The second kappa shape index (κ2) is 6.20. The van der Waals surface area contributed by atoms with E-state index in [2.05, 4.69) is 5.32 Å². The van der Waals surface area contributed by atoms with Gasteiger partial charge >= 0.3 is 0 Å². The van der Waals surface area contributed by atoms with Crippen LogP contribution in [0.15, 0.2) is 18.2 Å². The largest absolute Gasteiger partial charge is 0.393 e. The molecule has 0 saturated carbocycles. The third kappa shape index (κ3) is 4.03. The first kappa shape index (κ1) is 13.4. The molecule has 0 amide bonds. The van der Waals surface area contributed by atoms with E-state index in [-0.39, 0.29) is 11.8 Å². The van der Waals surface area contributed by atoms with Crippen LogP contribution in [0.2, 0.25) is 0 Å². The minimum Gasteiger partial charge on any atom is -0.393 e. The normalized spacial score (nSPS) is 12.2. The van der Waals surface area contributed by atoms with Crippen LogP contribution in [-0.4, -0.2) is 22.7 Å². The Hall–Kier alpha value is -1.62. The summed E-state index contributed by atoms with van der Waals surface area (Å²) in [6, 6.07) is 4.95. The Kier molecular flexibility index (Phi) is 4.90. The third-order valence-electron chi connectivity index (χ3n) is 2.61. The van der Waals surface area contributed by atoms with Crippen LogP contribution in [0.5, 0.6) is 0 Å². The van der Waals surface area contributed by atoms with Crippen LogP contribution in [0.1, 0.15) is 25.3 Å². The molecule has 17 heavy (non-hydrogen) atoms. The molecule has 0 fully saturated rings. The zero-order valence-corrected chi connectivity index (χ0v) is 10.1. The maximum atomic E-state index is 10.8. The summed E-state index contributed by atoms with van der Waals surface area (Å²) in [7, 11) is 0. The van der Waals surface area contributed by atoms with Crippen molar-refractivity contribution >= 4 is 11.4 Å². The summed E-state index contributed by atoms with van der Waals surface area (Å²) in [5.41, 5.74) is 1.55. The van der Waals surface area contributed by atoms with Crippen molar-refractivity contribution in [3.63, 3.8) is 0 Å². The first-order valence-corrected chi connectivity index (χ1v) is 5.71. The van der Waals surface area contributed by atoms with Gasteiger partial charge in [-0.25, -0.2) is 0 Å². The van der Waals surface area contributed by atoms with Crippen LogP contribution in [0.3, 0.4) is 0 Å². The average Bonchev–Trinajstić information content (AvgIpc) is 2.28. The number of hydrogen-bond acceptors (Lipinski definition) is 4. The number of rotatable bonds is 6. The number of nitrogens with one attached hydrogen (secondary N) is 1. The molecule has 1 aromatic carbocycles. The molecule has 0 aliphatic rings. The predicted molar refractivity (Wildman–Crippen MR) is 67.2 cm³/mol. The number of nitro groups is 1. The van der Waals surface area contributed by atoms with Gasteiger partial charge in [0.2, 0.25) is 0 Å². The minimum atomic E-state index is -0.405. The molecular formula is C12H18N2O3. The summed E-state index contributed by atoms with van der Waals surface area (Å²) < 4.78 is 0. The average molecular weight is 238 g/mol. The van der Waals surface area contributed by atoms with Crippen LogP contribution >= 0.6 is 0 Å². The van der Waals surface area contributed by atoms with E-state index >= 15 is 0 Å². The summed E-state index contributed by atoms with van der Waals surface area (Å²) in [5, 5.41) is 23.2. The van der Waals surface area contributed by atoms with E-state index in [1.807, 2.05) is 13.8 Å². The zero-order chi connectivity index (χ0) is 12.8. The molecule has 2 N–H and O–H groups in total. The molecule has 0 radical (unpaired) electrons. The molecule has 1 unspecified atom stereocenters. The number of aliphatic hydroxyl groups excluding tert-OH is 1. The number of anilines is 1. The summed E-state index contributed by atoms with van der Waals surface area (Å²) >= 11 is 0.